The van der Waals surface area contributed by atoms with E-state index in [9.17, 15) is 4.39 Å². The van der Waals surface area contributed by atoms with Crippen molar-refractivity contribution >= 4 is 5.84 Å². The standard InChI is InChI=1S/C12H17FN2/c1-4-11(14)15-7-10-5-8(2)12(13)9(3)6-10/h5-6H,4,7H2,1-3H3,(H2,14,15). The lowest BCUT2D eigenvalue weighted by atomic mass is 10.1. The maximum atomic E-state index is 13.3. The zero-order valence-electron chi connectivity index (χ0n) is 9.47. The molecule has 0 heterocycles. The highest BCUT2D eigenvalue weighted by molar-refractivity contribution is 5.79. The molecule has 0 aliphatic heterocycles. The Hall–Kier alpha value is -1.38. The Kier molecular flexibility index (Phi) is 3.83. The predicted octanol–water partition coefficient (Wildman–Crippen LogP) is 2.71. The molecular formula is C12H17FN2. The number of aryl methyl sites for hydroxylation is 2. The van der Waals surface area contributed by atoms with Crippen LogP contribution in [-0.4, -0.2) is 5.84 Å². The minimum absolute atomic E-state index is 0.133. The van der Waals surface area contributed by atoms with Gasteiger partial charge in [0.25, 0.3) is 0 Å². The molecule has 0 unspecified atom stereocenters. The smallest absolute Gasteiger partial charge is 0.129 e. The number of amidine groups is 1. The summed E-state index contributed by atoms with van der Waals surface area (Å²) in [5, 5.41) is 0. The summed E-state index contributed by atoms with van der Waals surface area (Å²) in [6.07, 6.45) is 0.749. The molecule has 2 N–H and O–H groups in total. The summed E-state index contributed by atoms with van der Waals surface area (Å²) in [5.41, 5.74) is 7.93. The SMILES string of the molecule is CCC(N)=NCc1cc(C)c(F)c(C)c1. The summed E-state index contributed by atoms with van der Waals surface area (Å²) in [6, 6.07) is 3.63. The van der Waals surface area contributed by atoms with E-state index in [1.807, 2.05) is 19.1 Å². The average molecular weight is 208 g/mol. The normalized spacial score (nSPS) is 11.9. The van der Waals surface area contributed by atoms with Crippen molar-refractivity contribution < 1.29 is 4.39 Å². The summed E-state index contributed by atoms with van der Waals surface area (Å²) in [7, 11) is 0. The van der Waals surface area contributed by atoms with E-state index in [0.717, 1.165) is 12.0 Å². The first kappa shape index (κ1) is 11.7. The van der Waals surface area contributed by atoms with Gasteiger partial charge in [0.15, 0.2) is 0 Å². The topological polar surface area (TPSA) is 38.4 Å². The second-order valence-corrected chi connectivity index (χ2v) is 3.70. The third kappa shape index (κ3) is 3.05. The quantitative estimate of drug-likeness (QED) is 0.602. The minimum atomic E-state index is -0.133. The number of rotatable bonds is 3. The lowest BCUT2D eigenvalue weighted by Gasteiger charge is -2.05. The Balaban J connectivity index is 2.88. The monoisotopic (exact) mass is 208 g/mol. The number of aliphatic imine (C=N–C) groups is 1. The second kappa shape index (κ2) is 4.91. The number of benzene rings is 1. The van der Waals surface area contributed by atoms with E-state index in [0.29, 0.717) is 23.5 Å². The highest BCUT2D eigenvalue weighted by atomic mass is 19.1. The Labute approximate surface area is 90.0 Å². The Morgan fingerprint density at radius 1 is 1.33 bits per heavy atom. The largest absolute Gasteiger partial charge is 0.387 e. The lowest BCUT2D eigenvalue weighted by molar-refractivity contribution is 0.608. The van der Waals surface area contributed by atoms with Gasteiger partial charge in [-0.25, -0.2) is 4.39 Å². The zero-order chi connectivity index (χ0) is 11.4. The molecule has 3 heteroatoms. The van der Waals surface area contributed by atoms with Gasteiger partial charge in [0.05, 0.1) is 12.4 Å². The molecular weight excluding hydrogens is 191 g/mol. The maximum absolute atomic E-state index is 13.3. The van der Waals surface area contributed by atoms with Gasteiger partial charge < -0.3 is 5.73 Å². The van der Waals surface area contributed by atoms with Gasteiger partial charge in [0, 0.05) is 6.42 Å². The first-order valence-electron chi connectivity index (χ1n) is 5.09. The van der Waals surface area contributed by atoms with E-state index in [1.54, 1.807) is 13.8 Å². The van der Waals surface area contributed by atoms with E-state index in [4.69, 9.17) is 5.73 Å². The van der Waals surface area contributed by atoms with Crippen LogP contribution < -0.4 is 5.73 Å². The van der Waals surface area contributed by atoms with Crippen molar-refractivity contribution in [2.24, 2.45) is 10.7 Å². The molecule has 0 fully saturated rings. The van der Waals surface area contributed by atoms with E-state index in [-0.39, 0.29) is 5.82 Å². The van der Waals surface area contributed by atoms with E-state index >= 15 is 0 Å². The Morgan fingerprint density at radius 2 is 1.87 bits per heavy atom. The summed E-state index contributed by atoms with van der Waals surface area (Å²) in [4.78, 5) is 4.20. The lowest BCUT2D eigenvalue weighted by Crippen LogP contribution is -2.09. The molecule has 0 atom stereocenters. The zero-order valence-corrected chi connectivity index (χ0v) is 9.47. The number of hydrogen-bond acceptors (Lipinski definition) is 1. The van der Waals surface area contributed by atoms with Gasteiger partial charge in [-0.15, -0.1) is 0 Å². The van der Waals surface area contributed by atoms with Crippen molar-refractivity contribution in [3.05, 3.63) is 34.6 Å². The van der Waals surface area contributed by atoms with Crippen LogP contribution in [0.4, 0.5) is 4.39 Å². The molecule has 1 rings (SSSR count). The van der Waals surface area contributed by atoms with Crippen LogP contribution >= 0.6 is 0 Å². The minimum Gasteiger partial charge on any atom is -0.387 e. The van der Waals surface area contributed by atoms with Gasteiger partial charge in [0.1, 0.15) is 5.82 Å². The van der Waals surface area contributed by atoms with Gasteiger partial charge in [-0.05, 0) is 30.5 Å². The maximum Gasteiger partial charge on any atom is 0.129 e. The number of halogens is 1. The van der Waals surface area contributed by atoms with Crippen LogP contribution in [0.15, 0.2) is 17.1 Å². The van der Waals surface area contributed by atoms with Crippen molar-refractivity contribution in [1.29, 1.82) is 0 Å². The molecule has 0 aromatic heterocycles. The van der Waals surface area contributed by atoms with Gasteiger partial charge in [0.2, 0.25) is 0 Å². The van der Waals surface area contributed by atoms with Gasteiger partial charge in [-0.1, -0.05) is 19.1 Å². The van der Waals surface area contributed by atoms with Crippen LogP contribution in [0, 0.1) is 19.7 Å². The van der Waals surface area contributed by atoms with Crippen LogP contribution in [0.25, 0.3) is 0 Å². The molecule has 0 saturated heterocycles. The molecule has 0 amide bonds. The highest BCUT2D eigenvalue weighted by Crippen LogP contribution is 2.15. The fourth-order valence-electron chi connectivity index (χ4n) is 1.43. The van der Waals surface area contributed by atoms with Crippen LogP contribution in [0.3, 0.4) is 0 Å². The molecule has 15 heavy (non-hydrogen) atoms. The molecule has 1 aromatic rings. The Morgan fingerprint density at radius 3 is 2.33 bits per heavy atom. The first-order valence-corrected chi connectivity index (χ1v) is 5.09. The van der Waals surface area contributed by atoms with Gasteiger partial charge in [-0.3, -0.25) is 4.99 Å². The average Bonchev–Trinajstić information content (AvgIpc) is 2.22. The molecule has 1 aromatic carbocycles. The van der Waals surface area contributed by atoms with Crippen molar-refractivity contribution in [2.75, 3.05) is 0 Å². The third-order valence-corrected chi connectivity index (χ3v) is 2.32. The molecule has 0 saturated carbocycles. The Bertz CT molecular complexity index is 360. The molecule has 2 nitrogen and oxygen atoms in total. The molecule has 82 valence electrons. The van der Waals surface area contributed by atoms with Gasteiger partial charge >= 0.3 is 0 Å². The van der Waals surface area contributed by atoms with E-state index < -0.39 is 0 Å². The first-order chi connectivity index (χ1) is 7.04. The van der Waals surface area contributed by atoms with Crippen LogP contribution in [0.5, 0.6) is 0 Å². The van der Waals surface area contributed by atoms with Crippen molar-refractivity contribution in [2.45, 2.75) is 33.7 Å². The predicted molar refractivity (Wildman–Crippen MR) is 61.5 cm³/mol. The molecule has 0 radical (unpaired) electrons. The van der Waals surface area contributed by atoms with Crippen molar-refractivity contribution in [3.63, 3.8) is 0 Å². The molecule has 0 aliphatic rings. The number of hydrogen-bond donors (Lipinski definition) is 1. The highest BCUT2D eigenvalue weighted by Gasteiger charge is 2.03. The second-order valence-electron chi connectivity index (χ2n) is 3.70. The third-order valence-electron chi connectivity index (χ3n) is 2.32. The summed E-state index contributed by atoms with van der Waals surface area (Å²) >= 11 is 0. The molecule has 0 spiro atoms. The summed E-state index contributed by atoms with van der Waals surface area (Å²) in [5.74, 6) is 0.501. The molecule has 0 bridgehead atoms. The molecule has 0 aliphatic carbocycles. The summed E-state index contributed by atoms with van der Waals surface area (Å²) < 4.78 is 13.3. The number of nitrogens with zero attached hydrogens (tertiary/aromatic N) is 1. The van der Waals surface area contributed by atoms with Crippen molar-refractivity contribution in [1.82, 2.24) is 0 Å². The van der Waals surface area contributed by atoms with Crippen molar-refractivity contribution in [3.8, 4) is 0 Å². The van der Waals surface area contributed by atoms with Crippen LogP contribution in [0.1, 0.15) is 30.0 Å². The van der Waals surface area contributed by atoms with E-state index in [2.05, 4.69) is 4.99 Å². The van der Waals surface area contributed by atoms with Crippen LogP contribution in [-0.2, 0) is 6.54 Å². The fourth-order valence-corrected chi connectivity index (χ4v) is 1.43. The fraction of sp³-hybridized carbons (Fsp3) is 0.417. The summed E-state index contributed by atoms with van der Waals surface area (Å²) in [6.45, 7) is 6.01. The van der Waals surface area contributed by atoms with Crippen LogP contribution in [0.2, 0.25) is 0 Å². The number of nitrogens with two attached hydrogens (primary N) is 1. The van der Waals surface area contributed by atoms with E-state index in [1.165, 1.54) is 0 Å². The van der Waals surface area contributed by atoms with Gasteiger partial charge in [-0.2, -0.15) is 0 Å².